The maximum absolute atomic E-state index is 5.73. The van der Waals surface area contributed by atoms with Gasteiger partial charge in [-0.05, 0) is 0 Å². The van der Waals surface area contributed by atoms with Crippen molar-refractivity contribution in [3.63, 3.8) is 0 Å². The van der Waals surface area contributed by atoms with Crippen molar-refractivity contribution in [3.8, 4) is 0 Å². The average Bonchev–Trinajstić information content (AvgIpc) is 3.41. The average molecular weight is 477 g/mol. The van der Waals surface area contributed by atoms with E-state index in [2.05, 4.69) is 0 Å². The molecule has 6 fully saturated rings. The predicted octanol–water partition coefficient (Wildman–Crippen LogP) is 2.74. The van der Waals surface area contributed by atoms with Gasteiger partial charge in [-0.25, -0.2) is 13.5 Å². The van der Waals surface area contributed by atoms with Gasteiger partial charge in [0.25, 0.3) is 0 Å². The van der Waals surface area contributed by atoms with Crippen LogP contribution < -0.4 is 0 Å². The quantitative estimate of drug-likeness (QED) is 0.316. The Labute approximate surface area is 177 Å². The van der Waals surface area contributed by atoms with Gasteiger partial charge in [-0.1, -0.05) is 0 Å². The van der Waals surface area contributed by atoms with E-state index < -0.39 is 21.6 Å². The second kappa shape index (κ2) is 7.22. The Morgan fingerprint density at radius 2 is 0.567 bits per heavy atom. The van der Waals surface area contributed by atoms with Crippen molar-refractivity contribution < 1.29 is 28.4 Å². The van der Waals surface area contributed by atoms with E-state index in [0.717, 1.165) is 76.6 Å². The van der Waals surface area contributed by atoms with E-state index in [-0.39, 0.29) is 0 Å². The molecule has 7 aliphatic rings. The molecule has 7 rings (SSSR count). The number of nitrogens with zero attached hydrogens (tertiary/aromatic N) is 3. The molecule has 7 aliphatic heterocycles. The van der Waals surface area contributed by atoms with E-state index in [0.29, 0.717) is 36.6 Å². The summed E-state index contributed by atoms with van der Waals surface area (Å²) in [6.07, 6.45) is 7.72. The number of hydrogen-bond acceptors (Lipinski definition) is 9. The van der Waals surface area contributed by atoms with Crippen LogP contribution in [0.2, 0.25) is 0 Å². The molecule has 12 heteroatoms. The summed E-state index contributed by atoms with van der Waals surface area (Å²) < 4.78 is 51.5. The van der Waals surface area contributed by atoms with Crippen molar-refractivity contribution in [1.29, 1.82) is 0 Å². The van der Waals surface area contributed by atoms with Gasteiger partial charge in [-0.15, -0.1) is 0 Å². The van der Waals surface area contributed by atoms with Crippen LogP contribution in [0, 0.1) is 0 Å². The molecule has 0 aromatic rings. The molecule has 0 aromatic heterocycles. The van der Waals surface area contributed by atoms with Gasteiger partial charge < -0.3 is 28.4 Å². The maximum Gasteiger partial charge on any atom is 0.0879 e. The fraction of sp³-hybridized carbons (Fsp3) is 1.00. The highest BCUT2D eigenvalue weighted by Gasteiger charge is 2.49. The summed E-state index contributed by atoms with van der Waals surface area (Å²) in [4.78, 5) is 0. The van der Waals surface area contributed by atoms with E-state index in [1.165, 1.54) is 0 Å². The standard InChI is InChI=1S/C18H30N3O6P3/c1-13(22-1)7-28(8-14-2-23-14)19-29(9-15-3-24-15,10-16-4-25-16)21-30(20-28,11-17-5-26-17)12-18-6-27-18/h13-18H,1-12H2. The van der Waals surface area contributed by atoms with Crippen LogP contribution in [0.3, 0.4) is 0 Å². The summed E-state index contributed by atoms with van der Waals surface area (Å²) in [5.74, 6) is 0. The zero-order chi connectivity index (χ0) is 19.8. The van der Waals surface area contributed by atoms with Gasteiger partial charge in [0.1, 0.15) is 0 Å². The molecule has 30 heavy (non-hydrogen) atoms. The van der Waals surface area contributed by atoms with Crippen molar-refractivity contribution in [1.82, 2.24) is 0 Å². The van der Waals surface area contributed by atoms with Crippen LogP contribution in [-0.4, -0.2) is 113 Å². The third-order valence-electron chi connectivity index (χ3n) is 6.39. The molecule has 0 saturated carbocycles. The van der Waals surface area contributed by atoms with E-state index >= 15 is 0 Å². The molecule has 0 N–H and O–H groups in total. The third-order valence-corrected chi connectivity index (χ3v) is 20.3. The number of ether oxygens (including phenoxy) is 6. The Bertz CT molecular complexity index is 703. The van der Waals surface area contributed by atoms with E-state index in [1.54, 1.807) is 0 Å². The molecule has 9 nitrogen and oxygen atoms in total. The first-order chi connectivity index (χ1) is 14.6. The first-order valence-corrected chi connectivity index (χ1v) is 17.3. The van der Waals surface area contributed by atoms with Crippen LogP contribution in [-0.2, 0) is 28.4 Å². The van der Waals surface area contributed by atoms with Crippen LogP contribution in [0.5, 0.6) is 0 Å². The Morgan fingerprint density at radius 3 is 0.700 bits per heavy atom. The van der Waals surface area contributed by atoms with Crippen LogP contribution >= 0.6 is 21.6 Å². The van der Waals surface area contributed by atoms with Crippen LogP contribution in [0.4, 0.5) is 0 Å². The molecule has 0 bridgehead atoms. The van der Waals surface area contributed by atoms with Gasteiger partial charge in [0.2, 0.25) is 0 Å². The van der Waals surface area contributed by atoms with Gasteiger partial charge in [0.15, 0.2) is 0 Å². The Kier molecular flexibility index (Phi) is 4.79. The molecule has 0 aliphatic carbocycles. The summed E-state index contributed by atoms with van der Waals surface area (Å²) in [5.41, 5.74) is 0. The molecule has 168 valence electrons. The zero-order valence-electron chi connectivity index (χ0n) is 17.1. The van der Waals surface area contributed by atoms with E-state index in [9.17, 15) is 0 Å². The molecular weight excluding hydrogens is 447 g/mol. The molecule has 6 saturated heterocycles. The van der Waals surface area contributed by atoms with E-state index in [1.807, 2.05) is 0 Å². The number of rotatable bonds is 12. The third kappa shape index (κ3) is 4.85. The van der Waals surface area contributed by atoms with Crippen LogP contribution in [0.25, 0.3) is 0 Å². The molecule has 7 heterocycles. The van der Waals surface area contributed by atoms with Gasteiger partial charge >= 0.3 is 0 Å². The lowest BCUT2D eigenvalue weighted by Gasteiger charge is -2.36. The lowest BCUT2D eigenvalue weighted by atomic mass is 10.6. The largest absolute Gasteiger partial charge is 0.373 e. The summed E-state index contributed by atoms with van der Waals surface area (Å²) in [7, 11) is -5.85. The first kappa shape index (κ1) is 19.9. The minimum atomic E-state index is -1.95. The Hall–Kier alpha value is 0.450. The predicted molar refractivity (Wildman–Crippen MR) is 116 cm³/mol. The van der Waals surface area contributed by atoms with Crippen molar-refractivity contribution >= 4 is 21.6 Å². The lowest BCUT2D eigenvalue weighted by molar-refractivity contribution is 0.419. The SMILES string of the molecule is C1OC1CP1(CC2CO2)=NP(CC2CO2)(CC2CO2)=NP(CC2CO2)(CC2CO2)=N1. The van der Waals surface area contributed by atoms with Gasteiger partial charge in [-0.3, -0.25) is 0 Å². The molecule has 6 atom stereocenters. The molecular formula is C18H30N3O6P3. The van der Waals surface area contributed by atoms with Crippen molar-refractivity contribution in [2.45, 2.75) is 36.6 Å². The lowest BCUT2D eigenvalue weighted by Crippen LogP contribution is -2.14. The van der Waals surface area contributed by atoms with Crippen LogP contribution in [0.15, 0.2) is 13.5 Å². The maximum atomic E-state index is 5.73. The fourth-order valence-electron chi connectivity index (χ4n) is 4.64. The second-order valence-corrected chi connectivity index (χ2v) is 19.3. The summed E-state index contributed by atoms with van der Waals surface area (Å²) in [6.45, 7) is 5.09. The molecule has 0 spiro atoms. The normalized spacial score (nSPS) is 54.4. The Balaban J connectivity index is 1.37. The first-order valence-electron chi connectivity index (χ1n) is 11.1. The van der Waals surface area contributed by atoms with E-state index in [4.69, 9.17) is 42.0 Å². The number of hydrogen-bond donors (Lipinski definition) is 0. The summed E-state index contributed by atoms with van der Waals surface area (Å²) >= 11 is 0. The van der Waals surface area contributed by atoms with Crippen molar-refractivity contribution in [2.75, 3.05) is 76.6 Å². The summed E-state index contributed by atoms with van der Waals surface area (Å²) in [6, 6.07) is 0. The molecule has 0 aromatic carbocycles. The number of epoxide rings is 6. The van der Waals surface area contributed by atoms with Gasteiger partial charge in [-0.2, -0.15) is 0 Å². The van der Waals surface area contributed by atoms with Gasteiger partial charge in [0, 0.05) is 37.0 Å². The van der Waals surface area contributed by atoms with Crippen LogP contribution in [0.1, 0.15) is 0 Å². The van der Waals surface area contributed by atoms with Gasteiger partial charge in [0.05, 0.1) is 97.9 Å². The van der Waals surface area contributed by atoms with Crippen molar-refractivity contribution in [2.24, 2.45) is 13.5 Å². The minimum absolute atomic E-state index is 0.315. The monoisotopic (exact) mass is 477 g/mol. The summed E-state index contributed by atoms with van der Waals surface area (Å²) in [5, 5.41) is 0. The minimum Gasteiger partial charge on any atom is -0.373 e. The Morgan fingerprint density at radius 1 is 0.400 bits per heavy atom. The molecule has 0 amide bonds. The topological polar surface area (TPSA) is 112 Å². The highest BCUT2D eigenvalue weighted by molar-refractivity contribution is 7.87. The second-order valence-electron chi connectivity index (χ2n) is 9.73. The molecule has 0 radical (unpaired) electrons. The fourth-order valence-corrected chi connectivity index (χ4v) is 22.6. The molecule has 6 unspecified atom stereocenters. The smallest absolute Gasteiger partial charge is 0.0879 e. The highest BCUT2D eigenvalue weighted by atomic mass is 31.3. The zero-order valence-corrected chi connectivity index (χ0v) is 19.8. The van der Waals surface area contributed by atoms with Crippen molar-refractivity contribution in [3.05, 3.63) is 0 Å². The highest BCUT2D eigenvalue weighted by Crippen LogP contribution is 2.80.